The van der Waals surface area contributed by atoms with Crippen molar-refractivity contribution in [1.82, 2.24) is 24.6 Å². The Bertz CT molecular complexity index is 1190. The van der Waals surface area contributed by atoms with Gasteiger partial charge in [-0.25, -0.2) is 9.67 Å². The van der Waals surface area contributed by atoms with Gasteiger partial charge in [0.15, 0.2) is 11.5 Å². The fraction of sp³-hybridized carbons (Fsp3) is 0.227. The third-order valence-corrected chi connectivity index (χ3v) is 5.45. The average molecular weight is 456 g/mol. The number of rotatable bonds is 7. The molecule has 0 amide bonds. The SMILES string of the molecule is CN(C)CCCn1nc(N)c2c(-c3c(Cl)cccc3Cl)nc(Nc3ccccc3)nc21. The number of anilines is 3. The molecule has 3 N–H and O–H groups in total. The van der Waals surface area contributed by atoms with E-state index in [1.165, 1.54) is 0 Å². The summed E-state index contributed by atoms with van der Waals surface area (Å²) < 4.78 is 1.82. The molecule has 0 atom stereocenters. The van der Waals surface area contributed by atoms with Gasteiger partial charge in [-0.1, -0.05) is 47.5 Å². The monoisotopic (exact) mass is 455 g/mol. The first-order valence-corrected chi connectivity index (χ1v) is 10.6. The quantitative estimate of drug-likeness (QED) is 0.404. The van der Waals surface area contributed by atoms with Crippen molar-refractivity contribution in [3.8, 4) is 11.3 Å². The summed E-state index contributed by atoms with van der Waals surface area (Å²) >= 11 is 13.0. The van der Waals surface area contributed by atoms with Crippen LogP contribution in [0.3, 0.4) is 0 Å². The van der Waals surface area contributed by atoms with E-state index in [0.717, 1.165) is 18.7 Å². The molecule has 0 fully saturated rings. The van der Waals surface area contributed by atoms with Crippen LogP contribution in [0.2, 0.25) is 10.0 Å². The molecule has 4 rings (SSSR count). The van der Waals surface area contributed by atoms with E-state index in [0.29, 0.717) is 50.6 Å². The van der Waals surface area contributed by atoms with Crippen molar-refractivity contribution in [2.24, 2.45) is 0 Å². The number of nitrogens with one attached hydrogen (secondary N) is 1. The third-order valence-electron chi connectivity index (χ3n) is 4.82. The first-order chi connectivity index (χ1) is 14.9. The number of nitrogens with two attached hydrogens (primary N) is 1. The Labute approximate surface area is 190 Å². The molecule has 0 aliphatic heterocycles. The van der Waals surface area contributed by atoms with E-state index >= 15 is 0 Å². The number of benzene rings is 2. The predicted octanol–water partition coefficient (Wildman–Crippen LogP) is 5.08. The number of nitrogens with zero attached hydrogens (tertiary/aromatic N) is 5. The van der Waals surface area contributed by atoms with E-state index in [4.69, 9.17) is 38.9 Å². The van der Waals surface area contributed by atoms with Gasteiger partial charge in [0.25, 0.3) is 0 Å². The lowest BCUT2D eigenvalue weighted by atomic mass is 10.1. The minimum Gasteiger partial charge on any atom is -0.382 e. The smallest absolute Gasteiger partial charge is 0.229 e. The summed E-state index contributed by atoms with van der Waals surface area (Å²) in [6, 6.07) is 15.1. The van der Waals surface area contributed by atoms with Gasteiger partial charge in [-0.15, -0.1) is 0 Å². The largest absolute Gasteiger partial charge is 0.382 e. The van der Waals surface area contributed by atoms with Gasteiger partial charge >= 0.3 is 0 Å². The van der Waals surface area contributed by atoms with Crippen molar-refractivity contribution in [2.75, 3.05) is 31.7 Å². The standard InChI is InChI=1S/C22H23Cl2N7/c1-30(2)12-7-13-31-21-18(20(25)29-31)19(17-15(23)10-6-11-16(17)24)27-22(28-21)26-14-8-4-3-5-9-14/h3-6,8-11H,7,12-13H2,1-2H3,(H2,25,29)(H,26,27,28). The second kappa shape index (κ2) is 9.09. The van der Waals surface area contributed by atoms with Gasteiger partial charge in [0, 0.05) is 17.8 Å². The lowest BCUT2D eigenvalue weighted by molar-refractivity contribution is 0.382. The molecule has 0 bridgehead atoms. The van der Waals surface area contributed by atoms with Gasteiger partial charge in [-0.05, 0) is 51.3 Å². The zero-order chi connectivity index (χ0) is 22.0. The van der Waals surface area contributed by atoms with E-state index in [2.05, 4.69) is 15.3 Å². The molecule has 2 heterocycles. The molecule has 4 aromatic rings. The highest BCUT2D eigenvalue weighted by molar-refractivity contribution is 6.39. The Hall–Kier alpha value is -2.87. The van der Waals surface area contributed by atoms with E-state index in [9.17, 15) is 0 Å². The highest BCUT2D eigenvalue weighted by atomic mass is 35.5. The van der Waals surface area contributed by atoms with Gasteiger partial charge in [0.05, 0.1) is 21.1 Å². The van der Waals surface area contributed by atoms with Crippen molar-refractivity contribution >= 4 is 51.7 Å². The maximum absolute atomic E-state index is 6.52. The topological polar surface area (TPSA) is 84.9 Å². The number of para-hydroxylation sites is 1. The zero-order valence-corrected chi connectivity index (χ0v) is 18.8. The van der Waals surface area contributed by atoms with Crippen LogP contribution in [0.1, 0.15) is 6.42 Å². The molecule has 160 valence electrons. The molecular formula is C22H23Cl2N7. The maximum atomic E-state index is 6.52. The van der Waals surface area contributed by atoms with Crippen LogP contribution in [0, 0.1) is 0 Å². The predicted molar refractivity (Wildman–Crippen MR) is 128 cm³/mol. The van der Waals surface area contributed by atoms with E-state index in [1.54, 1.807) is 18.2 Å². The van der Waals surface area contributed by atoms with E-state index < -0.39 is 0 Å². The molecule has 9 heteroatoms. The number of nitrogen functional groups attached to an aromatic ring is 1. The van der Waals surface area contributed by atoms with Crippen molar-refractivity contribution in [2.45, 2.75) is 13.0 Å². The lowest BCUT2D eigenvalue weighted by Crippen LogP contribution is -2.15. The van der Waals surface area contributed by atoms with Crippen LogP contribution in [-0.2, 0) is 6.54 Å². The molecule has 0 aliphatic rings. The van der Waals surface area contributed by atoms with Crippen LogP contribution < -0.4 is 11.1 Å². The molecule has 7 nitrogen and oxygen atoms in total. The Morgan fingerprint density at radius 1 is 1.00 bits per heavy atom. The number of hydrogen-bond donors (Lipinski definition) is 2. The number of aryl methyl sites for hydroxylation is 1. The van der Waals surface area contributed by atoms with Crippen molar-refractivity contribution in [3.05, 3.63) is 58.6 Å². The summed E-state index contributed by atoms with van der Waals surface area (Å²) in [5, 5.41) is 9.40. The molecule has 0 saturated heterocycles. The number of halogens is 2. The van der Waals surface area contributed by atoms with Crippen LogP contribution in [-0.4, -0.2) is 45.3 Å². The van der Waals surface area contributed by atoms with Gasteiger partial charge < -0.3 is 16.0 Å². The summed E-state index contributed by atoms with van der Waals surface area (Å²) in [6.45, 7) is 1.59. The fourth-order valence-electron chi connectivity index (χ4n) is 3.40. The second-order valence-corrected chi connectivity index (χ2v) is 8.26. The number of fused-ring (bicyclic) bond motifs is 1. The summed E-state index contributed by atoms with van der Waals surface area (Å²) in [7, 11) is 4.08. The summed E-state index contributed by atoms with van der Waals surface area (Å²) in [5.41, 5.74) is 8.98. The van der Waals surface area contributed by atoms with Gasteiger partial charge in [0.2, 0.25) is 5.95 Å². The molecule has 2 aromatic carbocycles. The van der Waals surface area contributed by atoms with Gasteiger partial charge in [-0.3, -0.25) is 0 Å². The van der Waals surface area contributed by atoms with Crippen LogP contribution in [0.5, 0.6) is 0 Å². The minimum atomic E-state index is 0.345. The Balaban J connectivity index is 1.89. The Kier molecular flexibility index (Phi) is 6.27. The summed E-state index contributed by atoms with van der Waals surface area (Å²) in [6.07, 6.45) is 0.900. The molecule has 0 unspecified atom stereocenters. The normalized spacial score (nSPS) is 11.4. The van der Waals surface area contributed by atoms with Crippen LogP contribution in [0.4, 0.5) is 17.5 Å². The van der Waals surface area contributed by atoms with Crippen LogP contribution >= 0.6 is 23.2 Å². The summed E-state index contributed by atoms with van der Waals surface area (Å²) in [5.74, 6) is 0.760. The maximum Gasteiger partial charge on any atom is 0.229 e. The molecule has 0 saturated carbocycles. The minimum absolute atomic E-state index is 0.345. The molecule has 0 aliphatic carbocycles. The molecule has 2 aromatic heterocycles. The zero-order valence-electron chi connectivity index (χ0n) is 17.3. The summed E-state index contributed by atoms with van der Waals surface area (Å²) in [4.78, 5) is 11.6. The number of hydrogen-bond acceptors (Lipinski definition) is 6. The second-order valence-electron chi connectivity index (χ2n) is 7.45. The third kappa shape index (κ3) is 4.58. The highest BCUT2D eigenvalue weighted by Gasteiger charge is 2.22. The van der Waals surface area contributed by atoms with Crippen molar-refractivity contribution in [1.29, 1.82) is 0 Å². The molecule has 0 radical (unpaired) electrons. The number of aromatic nitrogens is 4. The molecule has 0 spiro atoms. The van der Waals surface area contributed by atoms with E-state index in [1.807, 2.05) is 49.1 Å². The fourth-order valence-corrected chi connectivity index (χ4v) is 3.98. The van der Waals surface area contributed by atoms with Gasteiger partial charge in [-0.2, -0.15) is 10.1 Å². The average Bonchev–Trinajstić information content (AvgIpc) is 3.04. The highest BCUT2D eigenvalue weighted by Crippen LogP contribution is 2.39. The van der Waals surface area contributed by atoms with Crippen LogP contribution in [0.25, 0.3) is 22.3 Å². The van der Waals surface area contributed by atoms with Crippen molar-refractivity contribution in [3.63, 3.8) is 0 Å². The molecular weight excluding hydrogens is 433 g/mol. The lowest BCUT2D eigenvalue weighted by Gasteiger charge is -2.12. The first-order valence-electron chi connectivity index (χ1n) is 9.89. The van der Waals surface area contributed by atoms with Crippen LogP contribution in [0.15, 0.2) is 48.5 Å². The first kappa shape index (κ1) is 21.4. The Morgan fingerprint density at radius 3 is 2.39 bits per heavy atom. The van der Waals surface area contributed by atoms with Crippen molar-refractivity contribution < 1.29 is 0 Å². The molecule has 31 heavy (non-hydrogen) atoms. The van der Waals surface area contributed by atoms with E-state index in [-0.39, 0.29) is 0 Å². The Morgan fingerprint density at radius 2 is 1.71 bits per heavy atom. The van der Waals surface area contributed by atoms with Gasteiger partial charge in [0.1, 0.15) is 0 Å².